The van der Waals surface area contributed by atoms with Crippen LogP contribution in [0.2, 0.25) is 0 Å². The van der Waals surface area contributed by atoms with E-state index < -0.39 is 11.9 Å². The third-order valence-corrected chi connectivity index (χ3v) is 3.50. The zero-order valence-electron chi connectivity index (χ0n) is 9.74. The van der Waals surface area contributed by atoms with Crippen LogP contribution < -0.4 is 10.2 Å². The van der Waals surface area contributed by atoms with Crippen molar-refractivity contribution in [2.45, 2.75) is 19.4 Å². The fourth-order valence-corrected chi connectivity index (χ4v) is 2.56. The van der Waals surface area contributed by atoms with Crippen LogP contribution in [0.1, 0.15) is 13.3 Å². The molecule has 1 N–H and O–H groups in total. The summed E-state index contributed by atoms with van der Waals surface area (Å²) in [6.45, 7) is 1.68. The van der Waals surface area contributed by atoms with Gasteiger partial charge in [-0.3, -0.25) is 14.5 Å². The number of hydrogen-bond donors (Lipinski definition) is 1. The van der Waals surface area contributed by atoms with E-state index in [-0.39, 0.29) is 24.0 Å². The highest BCUT2D eigenvalue weighted by Gasteiger charge is 2.36. The number of amides is 2. The maximum absolute atomic E-state index is 13.9. The summed E-state index contributed by atoms with van der Waals surface area (Å²) in [6, 6.07) is 3.79. The summed E-state index contributed by atoms with van der Waals surface area (Å²) in [4.78, 5) is 24.9. The molecule has 1 atom stereocenters. The molecule has 1 aliphatic heterocycles. The highest BCUT2D eigenvalue weighted by molar-refractivity contribution is 9.10. The lowest BCUT2D eigenvalue weighted by atomic mass is 10.1. The lowest BCUT2D eigenvalue weighted by Crippen LogP contribution is -2.58. The van der Waals surface area contributed by atoms with Gasteiger partial charge in [0.05, 0.1) is 12.2 Å². The summed E-state index contributed by atoms with van der Waals surface area (Å²) in [7, 11) is 0. The Balaban J connectivity index is 2.51. The Bertz CT molecular complexity index is 487. The fraction of sp³-hybridized carbons (Fsp3) is 0.333. The number of para-hydroxylation sites is 1. The highest BCUT2D eigenvalue weighted by Crippen LogP contribution is 2.32. The van der Waals surface area contributed by atoms with Gasteiger partial charge in [-0.1, -0.05) is 13.0 Å². The van der Waals surface area contributed by atoms with Crippen molar-refractivity contribution in [3.05, 3.63) is 28.5 Å². The largest absolute Gasteiger partial charge is 0.345 e. The van der Waals surface area contributed by atoms with Crippen molar-refractivity contribution in [2.75, 3.05) is 11.4 Å². The quantitative estimate of drug-likeness (QED) is 0.905. The van der Waals surface area contributed by atoms with Gasteiger partial charge in [-0.25, -0.2) is 4.39 Å². The molecule has 0 radical (unpaired) electrons. The maximum Gasteiger partial charge on any atom is 0.247 e. The minimum absolute atomic E-state index is 0.101. The van der Waals surface area contributed by atoms with Gasteiger partial charge in [-0.2, -0.15) is 0 Å². The van der Waals surface area contributed by atoms with Crippen LogP contribution in [0.5, 0.6) is 0 Å². The van der Waals surface area contributed by atoms with Crippen molar-refractivity contribution in [1.82, 2.24) is 5.32 Å². The Morgan fingerprint density at radius 1 is 1.50 bits per heavy atom. The second kappa shape index (κ2) is 5.06. The predicted molar refractivity (Wildman–Crippen MR) is 68.7 cm³/mol. The molecular weight excluding hydrogens is 303 g/mol. The number of hydrogen-bond acceptors (Lipinski definition) is 2. The number of piperazine rings is 1. The van der Waals surface area contributed by atoms with Crippen molar-refractivity contribution in [3.63, 3.8) is 0 Å². The smallest absolute Gasteiger partial charge is 0.247 e. The van der Waals surface area contributed by atoms with E-state index in [0.29, 0.717) is 10.9 Å². The highest BCUT2D eigenvalue weighted by atomic mass is 79.9. The summed E-state index contributed by atoms with van der Waals surface area (Å²) in [5.41, 5.74) is 0.129. The molecule has 6 heteroatoms. The van der Waals surface area contributed by atoms with E-state index in [2.05, 4.69) is 21.2 Å². The molecule has 4 nitrogen and oxygen atoms in total. The van der Waals surface area contributed by atoms with Crippen LogP contribution in [0.4, 0.5) is 10.1 Å². The number of rotatable bonds is 2. The van der Waals surface area contributed by atoms with Crippen molar-refractivity contribution in [1.29, 1.82) is 0 Å². The minimum Gasteiger partial charge on any atom is -0.345 e. The average Bonchev–Trinajstić information content (AvgIpc) is 2.33. The van der Waals surface area contributed by atoms with Gasteiger partial charge in [0.2, 0.25) is 11.8 Å². The molecule has 1 unspecified atom stereocenters. The Morgan fingerprint density at radius 3 is 2.83 bits per heavy atom. The fourth-order valence-electron chi connectivity index (χ4n) is 2.02. The molecule has 1 heterocycles. The van der Waals surface area contributed by atoms with Crippen LogP contribution in [0.15, 0.2) is 22.7 Å². The molecule has 2 amide bonds. The lowest BCUT2D eigenvalue weighted by molar-refractivity contribution is -0.131. The summed E-state index contributed by atoms with van der Waals surface area (Å²) in [5.74, 6) is -1.09. The van der Waals surface area contributed by atoms with Gasteiger partial charge in [0.25, 0.3) is 0 Å². The molecule has 0 spiro atoms. The molecule has 0 bridgehead atoms. The molecule has 1 aliphatic rings. The number of benzene rings is 1. The summed E-state index contributed by atoms with van der Waals surface area (Å²) in [6.07, 6.45) is 0.429. The molecule has 2 rings (SSSR count). The van der Waals surface area contributed by atoms with Gasteiger partial charge in [0, 0.05) is 4.47 Å². The molecule has 96 valence electrons. The molecule has 0 aromatic heterocycles. The van der Waals surface area contributed by atoms with Crippen LogP contribution in [-0.4, -0.2) is 24.4 Å². The lowest BCUT2D eigenvalue weighted by Gasteiger charge is -2.35. The number of nitrogens with one attached hydrogen (secondary N) is 1. The van der Waals surface area contributed by atoms with E-state index in [4.69, 9.17) is 0 Å². The molecule has 18 heavy (non-hydrogen) atoms. The topological polar surface area (TPSA) is 49.4 Å². The molecular formula is C12H12BrFN2O2. The second-order valence-electron chi connectivity index (χ2n) is 3.98. The molecule has 1 aromatic rings. The molecule has 1 fully saturated rings. The first-order chi connectivity index (χ1) is 8.56. The second-order valence-corrected chi connectivity index (χ2v) is 4.83. The van der Waals surface area contributed by atoms with E-state index in [0.717, 1.165) is 0 Å². The van der Waals surface area contributed by atoms with Crippen LogP contribution in [0.3, 0.4) is 0 Å². The van der Waals surface area contributed by atoms with Gasteiger partial charge >= 0.3 is 0 Å². The van der Waals surface area contributed by atoms with Gasteiger partial charge in [0.1, 0.15) is 11.9 Å². The zero-order chi connectivity index (χ0) is 13.3. The van der Waals surface area contributed by atoms with Crippen LogP contribution in [-0.2, 0) is 9.59 Å². The first-order valence-corrected chi connectivity index (χ1v) is 6.39. The molecule has 1 aromatic carbocycles. The monoisotopic (exact) mass is 314 g/mol. The molecule has 1 saturated heterocycles. The third-order valence-electron chi connectivity index (χ3n) is 2.86. The number of anilines is 1. The van der Waals surface area contributed by atoms with Crippen LogP contribution in [0, 0.1) is 5.82 Å². The number of halogens is 2. The van der Waals surface area contributed by atoms with Crippen molar-refractivity contribution in [3.8, 4) is 0 Å². The first-order valence-electron chi connectivity index (χ1n) is 5.60. The Kier molecular flexibility index (Phi) is 3.65. The van der Waals surface area contributed by atoms with Gasteiger partial charge in [-0.05, 0) is 34.5 Å². The Labute approximate surface area is 112 Å². The Morgan fingerprint density at radius 2 is 2.22 bits per heavy atom. The maximum atomic E-state index is 13.9. The van der Waals surface area contributed by atoms with Crippen molar-refractivity contribution >= 4 is 33.4 Å². The normalized spacial score (nSPS) is 19.9. The van der Waals surface area contributed by atoms with Crippen LogP contribution >= 0.6 is 15.9 Å². The Hall–Kier alpha value is -1.43. The standard InChI is InChI=1S/C12H12BrFN2O2/c1-2-9-12(18)15-6-10(17)16(9)11-7(13)4-3-5-8(11)14/h3-5,9H,2,6H2,1H3,(H,15,18). The van der Waals surface area contributed by atoms with E-state index in [1.165, 1.54) is 11.0 Å². The van der Waals surface area contributed by atoms with Gasteiger partial charge in [-0.15, -0.1) is 0 Å². The van der Waals surface area contributed by atoms with Gasteiger partial charge < -0.3 is 5.32 Å². The van der Waals surface area contributed by atoms with E-state index in [1.807, 2.05) is 0 Å². The summed E-state index contributed by atoms with van der Waals surface area (Å²) < 4.78 is 14.4. The van der Waals surface area contributed by atoms with E-state index in [1.54, 1.807) is 19.1 Å². The first kappa shape index (κ1) is 13.0. The average molecular weight is 315 g/mol. The summed E-state index contributed by atoms with van der Waals surface area (Å²) >= 11 is 3.22. The number of nitrogens with zero attached hydrogens (tertiary/aromatic N) is 1. The molecule has 0 aliphatic carbocycles. The van der Waals surface area contributed by atoms with Crippen molar-refractivity contribution < 1.29 is 14.0 Å². The predicted octanol–water partition coefficient (Wildman–Crippen LogP) is 1.83. The van der Waals surface area contributed by atoms with E-state index >= 15 is 0 Å². The third kappa shape index (κ3) is 2.12. The number of carbonyl (C=O) groups is 2. The van der Waals surface area contributed by atoms with E-state index in [9.17, 15) is 14.0 Å². The van der Waals surface area contributed by atoms with Gasteiger partial charge in [0.15, 0.2) is 0 Å². The zero-order valence-corrected chi connectivity index (χ0v) is 11.3. The number of carbonyl (C=O) groups excluding carboxylic acids is 2. The van der Waals surface area contributed by atoms with Crippen LogP contribution in [0.25, 0.3) is 0 Å². The SMILES string of the molecule is CCC1C(=O)NCC(=O)N1c1c(F)cccc1Br. The summed E-state index contributed by atoms with van der Waals surface area (Å²) in [5, 5.41) is 2.50. The van der Waals surface area contributed by atoms with Crippen molar-refractivity contribution in [2.24, 2.45) is 0 Å². The molecule has 0 saturated carbocycles. The minimum atomic E-state index is -0.667.